The highest BCUT2D eigenvalue weighted by molar-refractivity contribution is 5.74. The Bertz CT molecular complexity index is 244. The third-order valence-corrected chi connectivity index (χ3v) is 2.44. The van der Waals surface area contributed by atoms with Gasteiger partial charge in [-0.1, -0.05) is 0 Å². The quantitative estimate of drug-likeness (QED) is 0.652. The molecule has 0 bridgehead atoms. The number of amides is 1. The van der Waals surface area contributed by atoms with Gasteiger partial charge in [0, 0.05) is 0 Å². The molecule has 0 unspecified atom stereocenters. The van der Waals surface area contributed by atoms with Crippen molar-refractivity contribution in [1.29, 1.82) is 0 Å². The summed E-state index contributed by atoms with van der Waals surface area (Å²) in [6.07, 6.45) is 0. The van der Waals surface area contributed by atoms with Crippen LogP contribution in [-0.4, -0.2) is 49.8 Å². The molecular formula is C10H19NO5. The van der Waals surface area contributed by atoms with Gasteiger partial charge >= 0.3 is 0 Å². The first kappa shape index (κ1) is 13.4. The molecule has 1 amide bonds. The number of carbonyl (C=O) groups is 1. The monoisotopic (exact) mass is 233 g/mol. The summed E-state index contributed by atoms with van der Waals surface area (Å²) in [6, 6.07) is 0. The number of nitrogens with two attached hydrogens (primary N) is 1. The summed E-state index contributed by atoms with van der Waals surface area (Å²) in [6.45, 7) is 4.16. The molecule has 6 nitrogen and oxygen atoms in total. The van der Waals surface area contributed by atoms with E-state index in [0.717, 1.165) is 0 Å². The van der Waals surface area contributed by atoms with Crippen molar-refractivity contribution in [2.75, 3.05) is 33.0 Å². The molecular weight excluding hydrogens is 214 g/mol. The van der Waals surface area contributed by atoms with Gasteiger partial charge in [-0.2, -0.15) is 0 Å². The summed E-state index contributed by atoms with van der Waals surface area (Å²) in [5, 5.41) is 9.32. The molecule has 0 atom stereocenters. The molecule has 0 aromatic rings. The maximum atomic E-state index is 10.5. The van der Waals surface area contributed by atoms with Gasteiger partial charge in [-0.25, -0.2) is 0 Å². The van der Waals surface area contributed by atoms with E-state index < -0.39 is 17.1 Å². The highest BCUT2D eigenvalue weighted by atomic mass is 16.7. The lowest BCUT2D eigenvalue weighted by Crippen LogP contribution is -2.51. The highest BCUT2D eigenvalue weighted by Gasteiger charge is 2.40. The topological polar surface area (TPSA) is 91.0 Å². The van der Waals surface area contributed by atoms with Gasteiger partial charge in [0.25, 0.3) is 0 Å². The average Bonchev–Trinajstić information content (AvgIpc) is 2.21. The molecule has 3 N–H and O–H groups in total. The van der Waals surface area contributed by atoms with Gasteiger partial charge in [-0.15, -0.1) is 0 Å². The Morgan fingerprint density at radius 1 is 1.44 bits per heavy atom. The maximum absolute atomic E-state index is 10.5. The number of primary amides is 1. The third-order valence-electron chi connectivity index (χ3n) is 2.44. The van der Waals surface area contributed by atoms with E-state index >= 15 is 0 Å². The first-order chi connectivity index (χ1) is 7.39. The number of aliphatic hydroxyl groups is 1. The number of hydrogen-bond donors (Lipinski definition) is 2. The number of carbonyl (C=O) groups excluding carboxylic acids is 1. The number of rotatable bonds is 5. The molecule has 1 aliphatic heterocycles. The predicted molar refractivity (Wildman–Crippen MR) is 55.5 cm³/mol. The minimum absolute atomic E-state index is 0.123. The van der Waals surface area contributed by atoms with Crippen LogP contribution < -0.4 is 5.73 Å². The molecule has 6 heteroatoms. The summed E-state index contributed by atoms with van der Waals surface area (Å²) in [4.78, 5) is 10.5. The molecule has 94 valence electrons. The van der Waals surface area contributed by atoms with E-state index in [1.807, 2.05) is 0 Å². The van der Waals surface area contributed by atoms with Gasteiger partial charge in [0.1, 0.15) is 6.61 Å². The van der Waals surface area contributed by atoms with E-state index in [9.17, 15) is 9.90 Å². The second kappa shape index (κ2) is 5.09. The van der Waals surface area contributed by atoms with Crippen molar-refractivity contribution in [3.63, 3.8) is 0 Å². The van der Waals surface area contributed by atoms with Crippen LogP contribution in [0.4, 0.5) is 0 Å². The van der Waals surface area contributed by atoms with Crippen LogP contribution in [0.5, 0.6) is 0 Å². The largest absolute Gasteiger partial charge is 0.396 e. The van der Waals surface area contributed by atoms with Crippen molar-refractivity contribution in [1.82, 2.24) is 0 Å². The molecule has 0 saturated carbocycles. The van der Waals surface area contributed by atoms with Gasteiger partial charge in [-0.05, 0) is 13.8 Å². The summed E-state index contributed by atoms with van der Waals surface area (Å²) in [5.74, 6) is -1.17. The SMILES string of the molecule is CC1(C)OCC(CO)(COCC(N)=O)CO1. The van der Waals surface area contributed by atoms with Gasteiger partial charge in [0.05, 0.1) is 31.8 Å². The minimum atomic E-state index is -0.637. The third kappa shape index (κ3) is 3.71. The Hall–Kier alpha value is -0.690. The van der Waals surface area contributed by atoms with E-state index in [1.54, 1.807) is 13.8 Å². The lowest BCUT2D eigenvalue weighted by Gasteiger charge is -2.42. The molecule has 1 saturated heterocycles. The zero-order valence-corrected chi connectivity index (χ0v) is 9.69. The molecule has 0 aliphatic carbocycles. The average molecular weight is 233 g/mol. The van der Waals surface area contributed by atoms with Crippen molar-refractivity contribution in [2.45, 2.75) is 19.6 Å². The van der Waals surface area contributed by atoms with Crippen LogP contribution in [0, 0.1) is 5.41 Å². The highest BCUT2D eigenvalue weighted by Crippen LogP contribution is 2.29. The van der Waals surface area contributed by atoms with Crippen LogP contribution >= 0.6 is 0 Å². The maximum Gasteiger partial charge on any atom is 0.243 e. The van der Waals surface area contributed by atoms with Crippen LogP contribution in [-0.2, 0) is 19.0 Å². The second-order valence-corrected chi connectivity index (χ2v) is 4.59. The molecule has 1 aliphatic rings. The Morgan fingerprint density at radius 2 is 2.00 bits per heavy atom. The van der Waals surface area contributed by atoms with Crippen molar-refractivity contribution in [3.8, 4) is 0 Å². The van der Waals surface area contributed by atoms with Crippen LogP contribution in [0.3, 0.4) is 0 Å². The fraction of sp³-hybridized carbons (Fsp3) is 0.900. The normalized spacial score (nSPS) is 22.9. The van der Waals surface area contributed by atoms with E-state index in [2.05, 4.69) is 0 Å². The molecule has 0 spiro atoms. The van der Waals surface area contributed by atoms with Crippen molar-refractivity contribution >= 4 is 5.91 Å². The van der Waals surface area contributed by atoms with Gasteiger partial charge in [-0.3, -0.25) is 4.79 Å². The summed E-state index contributed by atoms with van der Waals surface area (Å²) >= 11 is 0. The lowest BCUT2D eigenvalue weighted by molar-refractivity contribution is -0.296. The van der Waals surface area contributed by atoms with E-state index in [0.29, 0.717) is 13.2 Å². The number of aliphatic hydroxyl groups excluding tert-OH is 1. The van der Waals surface area contributed by atoms with Crippen molar-refractivity contribution in [2.24, 2.45) is 11.1 Å². The molecule has 1 heterocycles. The fourth-order valence-corrected chi connectivity index (χ4v) is 1.33. The predicted octanol–water partition coefficient (Wildman–Crippen LogP) is -0.750. The fourth-order valence-electron chi connectivity index (χ4n) is 1.33. The summed E-state index contributed by atoms with van der Waals surface area (Å²) in [7, 11) is 0. The number of hydrogen-bond acceptors (Lipinski definition) is 5. The van der Waals surface area contributed by atoms with Gasteiger partial charge < -0.3 is 25.1 Å². The standard InChI is InChI=1S/C10H19NO5/c1-9(2)15-6-10(4-12,7-16-9)5-14-3-8(11)13/h12H,3-7H2,1-2H3,(H2,11,13). The zero-order valence-electron chi connectivity index (χ0n) is 9.69. The lowest BCUT2D eigenvalue weighted by atomic mass is 9.91. The van der Waals surface area contributed by atoms with Crippen LogP contribution in [0.25, 0.3) is 0 Å². The second-order valence-electron chi connectivity index (χ2n) is 4.59. The molecule has 0 radical (unpaired) electrons. The molecule has 16 heavy (non-hydrogen) atoms. The first-order valence-electron chi connectivity index (χ1n) is 5.14. The first-order valence-corrected chi connectivity index (χ1v) is 5.14. The zero-order chi connectivity index (χ0) is 12.2. The summed E-state index contributed by atoms with van der Waals surface area (Å²) < 4.78 is 16.0. The molecule has 0 aromatic carbocycles. The van der Waals surface area contributed by atoms with Crippen LogP contribution in [0.2, 0.25) is 0 Å². The smallest absolute Gasteiger partial charge is 0.243 e. The molecule has 1 rings (SSSR count). The Balaban J connectivity index is 2.43. The van der Waals surface area contributed by atoms with Crippen LogP contribution in [0.1, 0.15) is 13.8 Å². The Kier molecular flexibility index (Phi) is 4.26. The Morgan fingerprint density at radius 3 is 2.44 bits per heavy atom. The van der Waals surface area contributed by atoms with E-state index in [-0.39, 0.29) is 19.8 Å². The van der Waals surface area contributed by atoms with Gasteiger partial charge in [0.15, 0.2) is 5.79 Å². The van der Waals surface area contributed by atoms with Crippen molar-refractivity contribution in [3.05, 3.63) is 0 Å². The Labute approximate surface area is 94.7 Å². The van der Waals surface area contributed by atoms with Crippen molar-refractivity contribution < 1.29 is 24.1 Å². The molecule has 0 aromatic heterocycles. The van der Waals surface area contributed by atoms with E-state index in [1.165, 1.54) is 0 Å². The van der Waals surface area contributed by atoms with Crippen LogP contribution in [0.15, 0.2) is 0 Å². The van der Waals surface area contributed by atoms with Gasteiger partial charge in [0.2, 0.25) is 5.91 Å². The minimum Gasteiger partial charge on any atom is -0.396 e. The van der Waals surface area contributed by atoms with E-state index in [4.69, 9.17) is 19.9 Å². The molecule has 1 fully saturated rings. The number of ether oxygens (including phenoxy) is 3. The summed E-state index contributed by atoms with van der Waals surface area (Å²) in [5.41, 5.74) is 4.34.